The first-order chi connectivity index (χ1) is 22.0. The van der Waals surface area contributed by atoms with E-state index in [0.717, 1.165) is 98.2 Å². The molecule has 1 atom stereocenters. The van der Waals surface area contributed by atoms with Crippen LogP contribution in [0.15, 0.2) is 72.8 Å². The second-order valence-electron chi connectivity index (χ2n) is 12.5. The van der Waals surface area contributed by atoms with Crippen LogP contribution in [0.5, 0.6) is 11.5 Å². The number of hydrogen-bond acceptors (Lipinski definition) is 6. The predicted octanol–water partition coefficient (Wildman–Crippen LogP) is 6.40. The first-order valence-corrected chi connectivity index (χ1v) is 16.6. The van der Waals surface area contributed by atoms with E-state index in [1.54, 1.807) is 14.2 Å². The minimum absolute atomic E-state index is 0.136. The summed E-state index contributed by atoms with van der Waals surface area (Å²) in [5, 5.41) is 17.0. The van der Waals surface area contributed by atoms with E-state index in [2.05, 4.69) is 32.6 Å². The Morgan fingerprint density at radius 3 is 2.18 bits per heavy atom. The van der Waals surface area contributed by atoms with Crippen molar-refractivity contribution < 1.29 is 19.4 Å². The molecule has 8 nitrogen and oxygen atoms in total. The molecular weight excluding hydrogens is 564 g/mol. The Labute approximate surface area is 268 Å². The molecule has 0 aromatic heterocycles. The maximum Gasteiger partial charge on any atom is 0.319 e. The number of carbonyl (C=O) groups excluding carboxylic acids is 1. The molecule has 0 aliphatic carbocycles. The number of amides is 2. The number of likely N-dealkylation sites (tertiary alicyclic amines) is 2. The summed E-state index contributed by atoms with van der Waals surface area (Å²) in [6.45, 7) is 5.49. The number of benzene rings is 3. The molecule has 0 radical (unpaired) electrons. The normalized spacial score (nSPS) is 17.5. The number of methoxy groups -OCH3 is 2. The molecule has 45 heavy (non-hydrogen) atoms. The molecule has 2 saturated heterocycles. The van der Waals surface area contributed by atoms with Crippen molar-refractivity contribution in [1.82, 2.24) is 15.1 Å². The maximum absolute atomic E-state index is 12.8. The monoisotopic (exact) mass is 614 g/mol. The zero-order valence-corrected chi connectivity index (χ0v) is 26.9. The SMILES string of the molecule is COc1cccc(OC)c1CN1CCC(CCCC(O)CN2CCC(NC(=O)Nc3ccccc3-c3ccccc3)CC2)CC1. The molecule has 2 aliphatic rings. The van der Waals surface area contributed by atoms with Gasteiger partial charge in [0.15, 0.2) is 0 Å². The fraction of sp³-hybridized carbons (Fsp3) is 0.486. The highest BCUT2D eigenvalue weighted by atomic mass is 16.5. The first-order valence-electron chi connectivity index (χ1n) is 16.6. The van der Waals surface area contributed by atoms with Gasteiger partial charge in [-0.25, -0.2) is 4.79 Å². The average molecular weight is 615 g/mol. The predicted molar refractivity (Wildman–Crippen MR) is 181 cm³/mol. The molecule has 242 valence electrons. The molecular formula is C37H50N4O4. The number of aliphatic hydroxyl groups excluding tert-OH is 1. The molecule has 0 bridgehead atoms. The summed E-state index contributed by atoms with van der Waals surface area (Å²) in [5.74, 6) is 2.50. The molecule has 2 heterocycles. The van der Waals surface area contributed by atoms with Crippen LogP contribution in [0.2, 0.25) is 0 Å². The zero-order valence-electron chi connectivity index (χ0n) is 26.9. The topological polar surface area (TPSA) is 86.3 Å². The van der Waals surface area contributed by atoms with Crippen LogP contribution in [0.3, 0.4) is 0 Å². The molecule has 2 aliphatic heterocycles. The van der Waals surface area contributed by atoms with E-state index in [9.17, 15) is 9.90 Å². The molecule has 3 aromatic rings. The summed E-state index contributed by atoms with van der Waals surface area (Å²) < 4.78 is 11.2. The van der Waals surface area contributed by atoms with Crippen molar-refractivity contribution in [2.45, 2.75) is 63.6 Å². The molecule has 2 amide bonds. The number of rotatable bonds is 13. The van der Waals surface area contributed by atoms with E-state index in [1.165, 1.54) is 19.3 Å². The fourth-order valence-electron chi connectivity index (χ4n) is 6.84. The van der Waals surface area contributed by atoms with E-state index in [4.69, 9.17) is 9.47 Å². The Hall–Kier alpha value is -3.59. The van der Waals surface area contributed by atoms with Crippen LogP contribution in [0.1, 0.15) is 50.5 Å². The summed E-state index contributed by atoms with van der Waals surface area (Å²) in [6, 6.07) is 23.9. The third-order valence-corrected chi connectivity index (χ3v) is 9.42. The van der Waals surface area contributed by atoms with Crippen LogP contribution in [0.25, 0.3) is 11.1 Å². The number of urea groups is 1. The van der Waals surface area contributed by atoms with Crippen molar-refractivity contribution in [3.8, 4) is 22.6 Å². The van der Waals surface area contributed by atoms with Crippen LogP contribution in [-0.2, 0) is 6.54 Å². The van der Waals surface area contributed by atoms with Crippen LogP contribution < -0.4 is 20.1 Å². The lowest BCUT2D eigenvalue weighted by atomic mass is 9.90. The lowest BCUT2D eigenvalue weighted by Crippen LogP contribution is -2.47. The number of anilines is 1. The van der Waals surface area contributed by atoms with E-state index in [1.807, 2.05) is 60.7 Å². The van der Waals surface area contributed by atoms with Gasteiger partial charge in [-0.3, -0.25) is 4.90 Å². The lowest BCUT2D eigenvalue weighted by molar-refractivity contribution is 0.0847. The van der Waals surface area contributed by atoms with E-state index < -0.39 is 0 Å². The van der Waals surface area contributed by atoms with Gasteiger partial charge in [0, 0.05) is 37.8 Å². The Morgan fingerprint density at radius 1 is 0.844 bits per heavy atom. The van der Waals surface area contributed by atoms with Gasteiger partial charge in [0.2, 0.25) is 0 Å². The molecule has 0 spiro atoms. The minimum atomic E-state index is -0.301. The summed E-state index contributed by atoms with van der Waals surface area (Å²) in [5.41, 5.74) is 4.01. The highest BCUT2D eigenvalue weighted by molar-refractivity contribution is 5.94. The summed E-state index contributed by atoms with van der Waals surface area (Å²) in [6.07, 6.45) is 6.95. The quantitative estimate of drug-likeness (QED) is 0.207. The van der Waals surface area contributed by atoms with Gasteiger partial charge < -0.3 is 30.1 Å². The number of β-amino-alcohol motifs (C(OH)–C–C–N with tert-alkyl or cyclic N) is 1. The molecule has 1 unspecified atom stereocenters. The number of nitrogens with one attached hydrogen (secondary N) is 2. The Kier molecular flexibility index (Phi) is 12.1. The zero-order chi connectivity index (χ0) is 31.4. The highest BCUT2D eigenvalue weighted by Gasteiger charge is 2.24. The second kappa shape index (κ2) is 16.6. The van der Waals surface area contributed by atoms with Crippen molar-refractivity contribution in [2.75, 3.05) is 52.3 Å². The van der Waals surface area contributed by atoms with Gasteiger partial charge in [0.25, 0.3) is 0 Å². The minimum Gasteiger partial charge on any atom is -0.496 e. The van der Waals surface area contributed by atoms with Crippen molar-refractivity contribution in [3.63, 3.8) is 0 Å². The number of carbonyl (C=O) groups is 1. The lowest BCUT2D eigenvalue weighted by Gasteiger charge is -2.34. The Balaban J connectivity index is 0.959. The molecule has 3 aromatic carbocycles. The number of ether oxygens (including phenoxy) is 2. The molecule has 3 N–H and O–H groups in total. The largest absolute Gasteiger partial charge is 0.496 e. The second-order valence-corrected chi connectivity index (χ2v) is 12.5. The van der Waals surface area contributed by atoms with Gasteiger partial charge in [0.1, 0.15) is 11.5 Å². The summed E-state index contributed by atoms with van der Waals surface area (Å²) >= 11 is 0. The van der Waals surface area contributed by atoms with Crippen LogP contribution >= 0.6 is 0 Å². The maximum atomic E-state index is 12.8. The van der Waals surface area contributed by atoms with Gasteiger partial charge in [-0.1, -0.05) is 67.4 Å². The van der Waals surface area contributed by atoms with Crippen molar-refractivity contribution in [2.24, 2.45) is 5.92 Å². The van der Waals surface area contributed by atoms with Crippen LogP contribution in [-0.4, -0.2) is 80.0 Å². The van der Waals surface area contributed by atoms with Gasteiger partial charge in [-0.05, 0) is 74.9 Å². The Morgan fingerprint density at radius 2 is 1.49 bits per heavy atom. The third kappa shape index (κ3) is 9.45. The number of aliphatic hydroxyl groups is 1. The van der Waals surface area contributed by atoms with Gasteiger partial charge in [-0.15, -0.1) is 0 Å². The fourth-order valence-corrected chi connectivity index (χ4v) is 6.84. The number of nitrogens with zero attached hydrogens (tertiary/aromatic N) is 2. The first kappa shape index (κ1) is 32.8. The number of para-hydroxylation sites is 1. The summed E-state index contributed by atoms with van der Waals surface area (Å²) in [7, 11) is 3.43. The van der Waals surface area contributed by atoms with Crippen LogP contribution in [0, 0.1) is 5.92 Å². The molecule has 0 saturated carbocycles. The molecule has 8 heteroatoms. The molecule has 2 fully saturated rings. The van der Waals surface area contributed by atoms with Gasteiger partial charge >= 0.3 is 6.03 Å². The van der Waals surface area contributed by atoms with Crippen LogP contribution in [0.4, 0.5) is 10.5 Å². The smallest absolute Gasteiger partial charge is 0.319 e. The summed E-state index contributed by atoms with van der Waals surface area (Å²) in [4.78, 5) is 17.7. The molecule has 5 rings (SSSR count). The highest BCUT2D eigenvalue weighted by Crippen LogP contribution is 2.32. The number of piperidine rings is 2. The third-order valence-electron chi connectivity index (χ3n) is 9.42. The average Bonchev–Trinajstić information content (AvgIpc) is 3.07. The van der Waals surface area contributed by atoms with Crippen molar-refractivity contribution >= 4 is 11.7 Å². The van der Waals surface area contributed by atoms with E-state index in [0.29, 0.717) is 6.54 Å². The van der Waals surface area contributed by atoms with E-state index >= 15 is 0 Å². The Bertz CT molecular complexity index is 1320. The van der Waals surface area contributed by atoms with Crippen molar-refractivity contribution in [3.05, 3.63) is 78.4 Å². The van der Waals surface area contributed by atoms with Crippen molar-refractivity contribution in [1.29, 1.82) is 0 Å². The van der Waals surface area contributed by atoms with Gasteiger partial charge in [0.05, 0.1) is 31.6 Å². The van der Waals surface area contributed by atoms with E-state index in [-0.39, 0.29) is 18.2 Å². The standard InChI is InChI=1S/C37H50N4O4/c1-44-35-16-9-17-36(45-2)33(35)27-41-22-18-28(19-23-41)10-8-13-31(42)26-40-24-20-30(21-25-40)38-37(43)39-34-15-7-6-14-32(34)29-11-4-3-5-12-29/h3-7,9,11-12,14-17,28,30-31,42H,8,10,13,18-27H2,1-2H3,(H2,38,39,43). The number of hydrogen-bond donors (Lipinski definition) is 3. The van der Waals surface area contributed by atoms with Gasteiger partial charge in [-0.2, -0.15) is 0 Å².